The van der Waals surface area contributed by atoms with Crippen molar-refractivity contribution < 1.29 is 4.89 Å². The molecule has 58 heavy (non-hydrogen) atoms. The van der Waals surface area contributed by atoms with Crippen LogP contribution in [0.15, 0.2) is 218 Å². The SMILES string of the molecule is O[P+](c1ccccc1)(c1ccccc1)c1ccc(-c2cc(-c3cccc(-c4cccc5c(-c6ccccc6)nc6ccccc6c45)c3)nc(-c3ccccc3)n2)cc1. The third kappa shape index (κ3) is 6.45. The maximum Gasteiger partial charge on any atom is 0.238 e. The van der Waals surface area contributed by atoms with Gasteiger partial charge >= 0.3 is 0 Å². The molecule has 0 bridgehead atoms. The van der Waals surface area contributed by atoms with E-state index in [2.05, 4.69) is 121 Å². The van der Waals surface area contributed by atoms with Crippen LogP contribution in [0.5, 0.6) is 0 Å². The molecule has 0 aliphatic rings. The van der Waals surface area contributed by atoms with E-state index in [9.17, 15) is 4.89 Å². The summed E-state index contributed by atoms with van der Waals surface area (Å²) in [4.78, 5) is 28.1. The predicted molar refractivity (Wildman–Crippen MR) is 243 cm³/mol. The van der Waals surface area contributed by atoms with Crippen LogP contribution in [0.4, 0.5) is 0 Å². The molecule has 0 unspecified atom stereocenters. The molecule has 8 aromatic carbocycles. The summed E-state index contributed by atoms with van der Waals surface area (Å²) in [7, 11) is -2.88. The molecule has 0 atom stereocenters. The Kier molecular flexibility index (Phi) is 9.20. The van der Waals surface area contributed by atoms with E-state index < -0.39 is 7.49 Å². The van der Waals surface area contributed by atoms with E-state index in [1.807, 2.05) is 97.1 Å². The zero-order valence-corrected chi connectivity index (χ0v) is 32.4. The van der Waals surface area contributed by atoms with Crippen molar-refractivity contribution in [3.63, 3.8) is 0 Å². The number of benzene rings is 8. The summed E-state index contributed by atoms with van der Waals surface area (Å²) in [6.07, 6.45) is 0. The number of aromatic nitrogens is 3. The molecule has 2 aromatic heterocycles. The number of hydrogen-bond acceptors (Lipinski definition) is 4. The van der Waals surface area contributed by atoms with Crippen LogP contribution >= 0.6 is 7.49 Å². The topological polar surface area (TPSA) is 58.9 Å². The van der Waals surface area contributed by atoms with E-state index in [4.69, 9.17) is 15.0 Å². The molecule has 0 aliphatic heterocycles. The van der Waals surface area contributed by atoms with Crippen LogP contribution in [0.3, 0.4) is 0 Å². The van der Waals surface area contributed by atoms with Gasteiger partial charge in [-0.2, -0.15) is 0 Å². The van der Waals surface area contributed by atoms with E-state index in [0.717, 1.165) is 82.7 Å². The molecular weight excluding hydrogens is 726 g/mol. The van der Waals surface area contributed by atoms with E-state index in [-0.39, 0.29) is 0 Å². The van der Waals surface area contributed by atoms with Crippen molar-refractivity contribution in [2.75, 3.05) is 0 Å². The lowest BCUT2D eigenvalue weighted by molar-refractivity contribution is 0.633. The Hall–Kier alpha value is -7.10. The van der Waals surface area contributed by atoms with Gasteiger partial charge in [0.05, 0.1) is 22.6 Å². The summed E-state index contributed by atoms with van der Waals surface area (Å²) in [6.45, 7) is 0. The Morgan fingerprint density at radius 2 is 0.845 bits per heavy atom. The number of hydrogen-bond donors (Lipinski definition) is 1. The Bertz CT molecular complexity index is 3010. The monoisotopic (exact) mass is 762 g/mol. The second kappa shape index (κ2) is 15.1. The highest BCUT2D eigenvalue weighted by Gasteiger charge is 2.44. The van der Waals surface area contributed by atoms with Gasteiger partial charge in [-0.25, -0.2) is 19.8 Å². The highest BCUT2D eigenvalue weighted by molar-refractivity contribution is 7.91. The summed E-state index contributed by atoms with van der Waals surface area (Å²) in [5.41, 5.74) is 9.74. The zero-order chi connectivity index (χ0) is 38.9. The zero-order valence-electron chi connectivity index (χ0n) is 31.5. The minimum absolute atomic E-state index is 0.648. The number of fused-ring (bicyclic) bond motifs is 3. The average molecular weight is 763 g/mol. The molecule has 0 spiro atoms. The Morgan fingerprint density at radius 1 is 0.345 bits per heavy atom. The van der Waals surface area contributed by atoms with Gasteiger partial charge in [0.1, 0.15) is 15.9 Å². The van der Waals surface area contributed by atoms with Crippen LogP contribution in [0.1, 0.15) is 0 Å². The summed E-state index contributed by atoms with van der Waals surface area (Å²) in [5.74, 6) is 0.648. The van der Waals surface area contributed by atoms with Crippen LogP contribution in [0, 0.1) is 0 Å². The molecule has 10 rings (SSSR count). The maximum absolute atomic E-state index is 12.6. The number of para-hydroxylation sites is 1. The highest BCUT2D eigenvalue weighted by atomic mass is 31.2. The maximum atomic E-state index is 12.6. The van der Waals surface area contributed by atoms with E-state index in [0.29, 0.717) is 5.82 Å². The lowest BCUT2D eigenvalue weighted by atomic mass is 9.92. The molecule has 274 valence electrons. The van der Waals surface area contributed by atoms with Gasteiger partial charge in [-0.3, -0.25) is 0 Å². The fourth-order valence-corrected chi connectivity index (χ4v) is 10.6. The van der Waals surface area contributed by atoms with Crippen LogP contribution in [0.2, 0.25) is 0 Å². The van der Waals surface area contributed by atoms with Crippen molar-refractivity contribution in [1.82, 2.24) is 15.0 Å². The highest BCUT2D eigenvalue weighted by Crippen LogP contribution is 2.51. The van der Waals surface area contributed by atoms with Crippen molar-refractivity contribution in [3.8, 4) is 56.3 Å². The molecule has 0 fully saturated rings. The fourth-order valence-electron chi connectivity index (χ4n) is 7.95. The lowest BCUT2D eigenvalue weighted by Crippen LogP contribution is -2.30. The van der Waals surface area contributed by atoms with Crippen molar-refractivity contribution in [2.45, 2.75) is 0 Å². The normalized spacial score (nSPS) is 11.5. The van der Waals surface area contributed by atoms with E-state index in [1.165, 1.54) is 5.39 Å². The molecule has 0 amide bonds. The first kappa shape index (κ1) is 35.3. The first-order chi connectivity index (χ1) is 28.6. The Labute approximate surface area is 338 Å². The number of nitrogens with zero attached hydrogens (tertiary/aromatic N) is 3. The minimum atomic E-state index is -2.88. The second-order valence-electron chi connectivity index (χ2n) is 14.3. The van der Waals surface area contributed by atoms with Crippen LogP contribution in [0.25, 0.3) is 78.0 Å². The largest absolute Gasteiger partial charge is 0.247 e. The smallest absolute Gasteiger partial charge is 0.238 e. The predicted octanol–water partition coefficient (Wildman–Crippen LogP) is 11.7. The van der Waals surface area contributed by atoms with Crippen molar-refractivity contribution in [3.05, 3.63) is 218 Å². The molecule has 2 heterocycles. The van der Waals surface area contributed by atoms with Gasteiger partial charge in [-0.1, -0.05) is 152 Å². The molecule has 10 aromatic rings. The molecule has 0 saturated carbocycles. The third-order valence-corrected chi connectivity index (χ3v) is 13.9. The van der Waals surface area contributed by atoms with Crippen LogP contribution < -0.4 is 15.9 Å². The molecule has 5 heteroatoms. The quantitative estimate of drug-likeness (QED) is 0.124. The first-order valence-electron chi connectivity index (χ1n) is 19.4. The van der Waals surface area contributed by atoms with Crippen molar-refractivity contribution in [1.29, 1.82) is 0 Å². The van der Waals surface area contributed by atoms with Gasteiger partial charge in [0.2, 0.25) is 7.49 Å². The summed E-state index contributed by atoms with van der Waals surface area (Å²) in [5, 5.41) is 6.11. The van der Waals surface area contributed by atoms with Crippen LogP contribution in [-0.2, 0) is 0 Å². The third-order valence-electron chi connectivity index (χ3n) is 10.8. The summed E-state index contributed by atoms with van der Waals surface area (Å²) >= 11 is 0. The second-order valence-corrected chi connectivity index (χ2v) is 17.2. The molecule has 0 radical (unpaired) electrons. The van der Waals surface area contributed by atoms with E-state index >= 15 is 0 Å². The van der Waals surface area contributed by atoms with Gasteiger partial charge in [0.15, 0.2) is 5.82 Å². The molecule has 0 aliphatic carbocycles. The van der Waals surface area contributed by atoms with Gasteiger partial charge < -0.3 is 0 Å². The van der Waals surface area contributed by atoms with Crippen LogP contribution in [-0.4, -0.2) is 19.8 Å². The standard InChI is InChI=1S/C53H37N3OP/c57-58(42-23-9-3-10-24-42,43-25-11-4-12-26-43)44-33-31-37(32-34-44)49-36-50(56-53(55-49)39-19-7-2-8-20-39)41-22-15-21-40(35-41)45-28-16-29-47-51(45)46-27-13-14-30-48(46)54-52(47)38-17-5-1-6-18-38/h1-36,57H/q+1. The molecule has 4 nitrogen and oxygen atoms in total. The van der Waals surface area contributed by atoms with Gasteiger partial charge in [0, 0.05) is 38.4 Å². The summed E-state index contributed by atoms with van der Waals surface area (Å²) < 4.78 is 0. The first-order valence-corrected chi connectivity index (χ1v) is 21.1. The molecule has 0 saturated heterocycles. The van der Waals surface area contributed by atoms with Gasteiger partial charge in [0.25, 0.3) is 0 Å². The Morgan fingerprint density at radius 3 is 1.52 bits per heavy atom. The molecule has 1 N–H and O–H groups in total. The van der Waals surface area contributed by atoms with E-state index in [1.54, 1.807) is 0 Å². The average Bonchev–Trinajstić information content (AvgIpc) is 3.32. The van der Waals surface area contributed by atoms with Crippen molar-refractivity contribution >= 4 is 45.1 Å². The summed E-state index contributed by atoms with van der Waals surface area (Å²) in [6, 6.07) is 74.5. The van der Waals surface area contributed by atoms with Gasteiger partial charge in [-0.05, 0) is 77.9 Å². The van der Waals surface area contributed by atoms with Crippen molar-refractivity contribution in [2.24, 2.45) is 0 Å². The fraction of sp³-hybridized carbons (Fsp3) is 0. The molecular formula is C53H37N3OP+. The minimum Gasteiger partial charge on any atom is -0.247 e. The number of pyridine rings is 1. The van der Waals surface area contributed by atoms with Gasteiger partial charge in [-0.15, -0.1) is 0 Å². The Balaban J connectivity index is 1.10. The number of rotatable bonds is 8. The lowest BCUT2D eigenvalue weighted by Gasteiger charge is -2.20.